The standard InChI is InChI=1S/C22H26N4O2.ClH/c23-15-17-5-7-19(8-6-17)22(28)25-13-11-24(12-14-25)16-21(27)26-10-9-18-3-1-2-4-20(18)26;/h1-8H,9-16,23H2;1H. The zero-order valence-corrected chi connectivity index (χ0v) is 17.2. The molecule has 2 aliphatic heterocycles. The second-order valence-corrected chi connectivity index (χ2v) is 7.39. The maximum absolute atomic E-state index is 12.8. The molecule has 1 fully saturated rings. The lowest BCUT2D eigenvalue weighted by Crippen LogP contribution is -2.51. The van der Waals surface area contributed by atoms with Gasteiger partial charge in [-0.25, -0.2) is 0 Å². The predicted molar refractivity (Wildman–Crippen MR) is 116 cm³/mol. The molecule has 2 aliphatic rings. The molecular formula is C22H27ClN4O2. The van der Waals surface area contributed by atoms with Gasteiger partial charge in [-0.3, -0.25) is 14.5 Å². The predicted octanol–water partition coefficient (Wildman–Crippen LogP) is 1.91. The van der Waals surface area contributed by atoms with E-state index >= 15 is 0 Å². The highest BCUT2D eigenvalue weighted by Crippen LogP contribution is 2.27. The minimum atomic E-state index is 0. The molecule has 1 saturated heterocycles. The molecule has 2 aromatic rings. The monoisotopic (exact) mass is 414 g/mol. The van der Waals surface area contributed by atoms with Crippen molar-refractivity contribution in [2.75, 3.05) is 44.2 Å². The lowest BCUT2D eigenvalue weighted by Gasteiger charge is -2.35. The Morgan fingerprint density at radius 3 is 2.28 bits per heavy atom. The van der Waals surface area contributed by atoms with E-state index in [-0.39, 0.29) is 24.2 Å². The van der Waals surface area contributed by atoms with Crippen molar-refractivity contribution < 1.29 is 9.59 Å². The van der Waals surface area contributed by atoms with Crippen molar-refractivity contribution in [3.8, 4) is 0 Å². The number of nitrogens with two attached hydrogens (primary N) is 1. The van der Waals surface area contributed by atoms with Crippen LogP contribution in [0.2, 0.25) is 0 Å². The first-order chi connectivity index (χ1) is 13.7. The minimum absolute atomic E-state index is 0. The Balaban J connectivity index is 0.00000240. The largest absolute Gasteiger partial charge is 0.336 e. The van der Waals surface area contributed by atoms with Crippen LogP contribution in [-0.4, -0.2) is 60.9 Å². The molecule has 6 nitrogen and oxygen atoms in total. The first-order valence-corrected chi connectivity index (χ1v) is 9.84. The molecule has 29 heavy (non-hydrogen) atoms. The molecule has 2 heterocycles. The Morgan fingerprint density at radius 2 is 1.59 bits per heavy atom. The van der Waals surface area contributed by atoms with Crippen molar-refractivity contribution in [1.82, 2.24) is 9.80 Å². The Labute approximate surface area is 177 Å². The van der Waals surface area contributed by atoms with Crippen LogP contribution in [0.5, 0.6) is 0 Å². The molecule has 0 unspecified atom stereocenters. The van der Waals surface area contributed by atoms with Crippen LogP contribution in [0.1, 0.15) is 21.5 Å². The molecule has 0 bridgehead atoms. The van der Waals surface area contributed by atoms with Gasteiger partial charge in [0.1, 0.15) is 0 Å². The van der Waals surface area contributed by atoms with Crippen molar-refractivity contribution in [1.29, 1.82) is 0 Å². The Hall–Kier alpha value is -2.41. The van der Waals surface area contributed by atoms with Gasteiger partial charge in [0.05, 0.1) is 6.54 Å². The van der Waals surface area contributed by atoms with Crippen LogP contribution < -0.4 is 10.6 Å². The number of fused-ring (bicyclic) bond motifs is 1. The van der Waals surface area contributed by atoms with Crippen molar-refractivity contribution >= 4 is 29.9 Å². The van der Waals surface area contributed by atoms with Crippen molar-refractivity contribution in [2.24, 2.45) is 5.73 Å². The third-order valence-electron chi connectivity index (χ3n) is 5.64. The molecule has 7 heteroatoms. The fraction of sp³-hybridized carbons (Fsp3) is 0.364. The molecule has 0 radical (unpaired) electrons. The van der Waals surface area contributed by atoms with Crippen LogP contribution in [0, 0.1) is 0 Å². The van der Waals surface area contributed by atoms with Gasteiger partial charge in [0, 0.05) is 50.5 Å². The van der Waals surface area contributed by atoms with E-state index in [2.05, 4.69) is 11.0 Å². The van der Waals surface area contributed by atoms with E-state index in [0.717, 1.165) is 24.2 Å². The van der Waals surface area contributed by atoms with Crippen LogP contribution in [0.4, 0.5) is 5.69 Å². The highest BCUT2D eigenvalue weighted by atomic mass is 35.5. The van der Waals surface area contributed by atoms with E-state index in [1.807, 2.05) is 52.3 Å². The molecule has 0 atom stereocenters. The van der Waals surface area contributed by atoms with Gasteiger partial charge in [0.2, 0.25) is 5.91 Å². The van der Waals surface area contributed by atoms with Gasteiger partial charge in [-0.15, -0.1) is 12.4 Å². The van der Waals surface area contributed by atoms with E-state index in [0.29, 0.717) is 44.8 Å². The Kier molecular flexibility index (Phi) is 6.90. The molecule has 0 aromatic heterocycles. The quantitative estimate of drug-likeness (QED) is 0.829. The fourth-order valence-corrected chi connectivity index (χ4v) is 3.95. The van der Waals surface area contributed by atoms with Gasteiger partial charge in [0.15, 0.2) is 0 Å². The second-order valence-electron chi connectivity index (χ2n) is 7.39. The zero-order chi connectivity index (χ0) is 19.5. The summed E-state index contributed by atoms with van der Waals surface area (Å²) in [5, 5.41) is 0. The molecule has 0 saturated carbocycles. The normalized spacial score (nSPS) is 16.3. The summed E-state index contributed by atoms with van der Waals surface area (Å²) in [6.07, 6.45) is 0.924. The summed E-state index contributed by atoms with van der Waals surface area (Å²) in [7, 11) is 0. The molecule has 4 rings (SSSR count). The maximum atomic E-state index is 12.8. The van der Waals surface area contributed by atoms with Crippen LogP contribution in [0.15, 0.2) is 48.5 Å². The number of rotatable bonds is 4. The number of anilines is 1. The first kappa shape index (κ1) is 21.3. The van der Waals surface area contributed by atoms with Gasteiger partial charge in [-0.05, 0) is 35.7 Å². The summed E-state index contributed by atoms with van der Waals surface area (Å²) in [6, 6.07) is 15.6. The number of nitrogens with zero attached hydrogens (tertiary/aromatic N) is 3. The Morgan fingerprint density at radius 1 is 0.897 bits per heavy atom. The smallest absolute Gasteiger partial charge is 0.253 e. The number of benzene rings is 2. The number of carbonyl (C=O) groups is 2. The molecule has 154 valence electrons. The number of amides is 2. The molecule has 2 amide bonds. The van der Waals surface area contributed by atoms with Crippen molar-refractivity contribution in [3.63, 3.8) is 0 Å². The van der Waals surface area contributed by atoms with Gasteiger partial charge in [0.25, 0.3) is 5.91 Å². The summed E-state index contributed by atoms with van der Waals surface area (Å²) < 4.78 is 0. The maximum Gasteiger partial charge on any atom is 0.253 e. The highest BCUT2D eigenvalue weighted by Gasteiger charge is 2.28. The minimum Gasteiger partial charge on any atom is -0.336 e. The van der Waals surface area contributed by atoms with E-state index in [1.54, 1.807) is 0 Å². The van der Waals surface area contributed by atoms with Crippen LogP contribution in [0.3, 0.4) is 0 Å². The Bertz CT molecular complexity index is 863. The van der Waals surface area contributed by atoms with Gasteiger partial charge >= 0.3 is 0 Å². The molecular weight excluding hydrogens is 388 g/mol. The van der Waals surface area contributed by atoms with E-state index in [9.17, 15) is 9.59 Å². The average molecular weight is 415 g/mol. The molecule has 0 spiro atoms. The molecule has 2 aromatic carbocycles. The van der Waals surface area contributed by atoms with E-state index in [1.165, 1.54) is 5.56 Å². The lowest BCUT2D eigenvalue weighted by molar-refractivity contribution is -0.120. The number of hydrogen-bond donors (Lipinski definition) is 1. The third kappa shape index (κ3) is 4.61. The SMILES string of the molecule is Cl.NCc1ccc(C(=O)N2CCN(CC(=O)N3CCc4ccccc43)CC2)cc1. The van der Waals surface area contributed by atoms with Crippen molar-refractivity contribution in [2.45, 2.75) is 13.0 Å². The first-order valence-electron chi connectivity index (χ1n) is 9.84. The van der Waals surface area contributed by atoms with Crippen LogP contribution >= 0.6 is 12.4 Å². The highest BCUT2D eigenvalue weighted by molar-refractivity contribution is 5.97. The lowest BCUT2D eigenvalue weighted by atomic mass is 10.1. The van der Waals surface area contributed by atoms with Gasteiger partial charge in [-0.1, -0.05) is 30.3 Å². The number of hydrogen-bond acceptors (Lipinski definition) is 4. The van der Waals surface area contributed by atoms with Crippen molar-refractivity contribution in [3.05, 3.63) is 65.2 Å². The van der Waals surface area contributed by atoms with Crippen LogP contribution in [-0.2, 0) is 17.8 Å². The summed E-state index contributed by atoms with van der Waals surface area (Å²) in [5.74, 6) is 0.185. The number of piperazine rings is 1. The average Bonchev–Trinajstić information content (AvgIpc) is 3.18. The van der Waals surface area contributed by atoms with Gasteiger partial charge in [-0.2, -0.15) is 0 Å². The molecule has 0 aliphatic carbocycles. The van der Waals surface area contributed by atoms with Gasteiger partial charge < -0.3 is 15.5 Å². The fourth-order valence-electron chi connectivity index (χ4n) is 3.95. The number of carbonyl (C=O) groups excluding carboxylic acids is 2. The second kappa shape index (κ2) is 9.39. The van der Waals surface area contributed by atoms with E-state index in [4.69, 9.17) is 5.73 Å². The number of halogens is 1. The van der Waals surface area contributed by atoms with E-state index < -0.39 is 0 Å². The molecule has 2 N–H and O–H groups in total. The zero-order valence-electron chi connectivity index (χ0n) is 16.4. The number of para-hydroxylation sites is 1. The topological polar surface area (TPSA) is 69.9 Å². The summed E-state index contributed by atoms with van der Waals surface area (Å²) in [4.78, 5) is 31.3. The third-order valence-corrected chi connectivity index (χ3v) is 5.64. The van der Waals surface area contributed by atoms with Crippen LogP contribution in [0.25, 0.3) is 0 Å². The summed E-state index contributed by atoms with van der Waals surface area (Å²) in [6.45, 7) is 4.35. The summed E-state index contributed by atoms with van der Waals surface area (Å²) >= 11 is 0. The summed E-state index contributed by atoms with van der Waals surface area (Å²) in [5.41, 5.74) is 9.61.